The maximum absolute atomic E-state index is 5.83. The summed E-state index contributed by atoms with van der Waals surface area (Å²) in [6, 6.07) is 13.8. The van der Waals surface area contributed by atoms with Crippen molar-refractivity contribution in [2.45, 2.75) is 6.61 Å². The van der Waals surface area contributed by atoms with Gasteiger partial charge in [-0.3, -0.25) is 0 Å². The van der Waals surface area contributed by atoms with Crippen LogP contribution in [0.4, 0.5) is 5.13 Å². The number of ether oxygens (including phenoxy) is 2. The molecule has 0 bridgehead atoms. The van der Waals surface area contributed by atoms with Gasteiger partial charge in [0.1, 0.15) is 6.61 Å². The molecule has 0 amide bonds. The summed E-state index contributed by atoms with van der Waals surface area (Å²) in [7, 11) is 1.63. The summed E-state index contributed by atoms with van der Waals surface area (Å²) >= 11 is 1.44. The molecule has 0 aliphatic carbocycles. The fraction of sp³-hybridized carbons (Fsp3) is 0.133. The molecule has 0 aliphatic rings. The Kier molecular flexibility index (Phi) is 5.03. The number of nitrogens with zero attached hydrogens (tertiary/aromatic N) is 1. The van der Waals surface area contributed by atoms with Crippen LogP contribution in [0.2, 0.25) is 0 Å². The number of hydrogen-bond acceptors (Lipinski definition) is 5. The first kappa shape index (κ1) is 15.6. The molecule has 3 rings (SSSR count). The van der Waals surface area contributed by atoms with E-state index in [2.05, 4.69) is 4.98 Å². The van der Waals surface area contributed by atoms with E-state index in [-0.39, 0.29) is 17.0 Å². The van der Waals surface area contributed by atoms with Crippen molar-refractivity contribution >= 4 is 43.7 Å². The van der Waals surface area contributed by atoms with Crippen LogP contribution in [0.5, 0.6) is 11.5 Å². The summed E-state index contributed by atoms with van der Waals surface area (Å²) in [5.74, 6) is 1.37. The monoisotopic (exact) mass is 366 g/mol. The predicted octanol–water partition coefficient (Wildman–Crippen LogP) is 4.04. The van der Waals surface area contributed by atoms with Crippen molar-refractivity contribution in [1.82, 2.24) is 4.98 Å². The normalized spacial score (nSPS) is 10.1. The second-order valence-corrected chi connectivity index (χ2v) is 5.36. The van der Waals surface area contributed by atoms with Crippen LogP contribution in [-0.4, -0.2) is 12.1 Å². The van der Waals surface area contributed by atoms with Crippen LogP contribution >= 0.6 is 28.3 Å². The Morgan fingerprint density at radius 1 is 1.14 bits per heavy atom. The quantitative estimate of drug-likeness (QED) is 0.756. The van der Waals surface area contributed by atoms with Gasteiger partial charge in [0, 0.05) is 12.1 Å². The first-order chi connectivity index (χ1) is 9.76. The number of nitrogens with two attached hydrogens (primary N) is 1. The van der Waals surface area contributed by atoms with E-state index < -0.39 is 0 Å². The fourth-order valence-electron chi connectivity index (χ4n) is 1.96. The Morgan fingerprint density at radius 2 is 1.90 bits per heavy atom. The zero-order valence-corrected chi connectivity index (χ0v) is 13.9. The van der Waals surface area contributed by atoms with Crippen LogP contribution in [0.1, 0.15) is 5.56 Å². The van der Waals surface area contributed by atoms with Crippen LogP contribution in [-0.2, 0) is 6.61 Å². The van der Waals surface area contributed by atoms with Crippen molar-refractivity contribution in [2.75, 3.05) is 12.8 Å². The summed E-state index contributed by atoms with van der Waals surface area (Å²) < 4.78 is 12.2. The lowest BCUT2D eigenvalue weighted by Crippen LogP contribution is -1.97. The Labute approximate surface area is 137 Å². The van der Waals surface area contributed by atoms with E-state index in [0.717, 1.165) is 15.8 Å². The minimum atomic E-state index is 0. The molecule has 3 aromatic rings. The van der Waals surface area contributed by atoms with Gasteiger partial charge >= 0.3 is 0 Å². The molecule has 0 radical (unpaired) electrons. The van der Waals surface area contributed by atoms with E-state index in [4.69, 9.17) is 15.2 Å². The van der Waals surface area contributed by atoms with Gasteiger partial charge in [-0.25, -0.2) is 4.98 Å². The topological polar surface area (TPSA) is 57.4 Å². The number of benzene rings is 2. The van der Waals surface area contributed by atoms with E-state index in [9.17, 15) is 0 Å². The van der Waals surface area contributed by atoms with Crippen LogP contribution in [0.3, 0.4) is 0 Å². The molecule has 6 heteroatoms. The highest BCUT2D eigenvalue weighted by Gasteiger charge is 2.10. The van der Waals surface area contributed by atoms with E-state index in [0.29, 0.717) is 23.2 Å². The molecule has 1 heterocycles. The minimum absolute atomic E-state index is 0. The number of rotatable bonds is 4. The van der Waals surface area contributed by atoms with Gasteiger partial charge in [0.15, 0.2) is 16.6 Å². The first-order valence-corrected chi connectivity index (χ1v) is 6.98. The second-order valence-electron chi connectivity index (χ2n) is 4.30. The Bertz CT molecular complexity index is 731. The maximum Gasteiger partial charge on any atom is 0.181 e. The molecule has 0 atom stereocenters. The summed E-state index contributed by atoms with van der Waals surface area (Å²) in [6.07, 6.45) is 0. The van der Waals surface area contributed by atoms with Crippen LogP contribution in [0, 0.1) is 0 Å². The molecule has 0 aliphatic heterocycles. The highest BCUT2D eigenvalue weighted by molar-refractivity contribution is 8.93. The molecule has 0 saturated heterocycles. The van der Waals surface area contributed by atoms with Crippen molar-refractivity contribution < 1.29 is 9.47 Å². The molecule has 2 aromatic carbocycles. The van der Waals surface area contributed by atoms with Crippen molar-refractivity contribution in [3.63, 3.8) is 0 Å². The molecule has 0 saturated carbocycles. The molecular formula is C15H15BrN2O2S. The molecule has 0 unspecified atom stereocenters. The van der Waals surface area contributed by atoms with Crippen molar-refractivity contribution in [1.29, 1.82) is 0 Å². The summed E-state index contributed by atoms with van der Waals surface area (Å²) in [4.78, 5) is 4.26. The lowest BCUT2D eigenvalue weighted by Gasteiger charge is -2.10. The third-order valence-electron chi connectivity index (χ3n) is 2.93. The van der Waals surface area contributed by atoms with E-state index in [1.54, 1.807) is 7.11 Å². The highest BCUT2D eigenvalue weighted by Crippen LogP contribution is 2.35. The standard InChI is InChI=1S/C15H14N2O2S.BrH/c1-18-12-8-14-11(17-15(16)20-14)7-13(12)19-9-10-5-3-2-4-6-10;/h2-8H,9H2,1H3,(H2,16,17);1H. The van der Waals surface area contributed by atoms with Crippen LogP contribution in [0.25, 0.3) is 10.2 Å². The van der Waals surface area contributed by atoms with Gasteiger partial charge < -0.3 is 15.2 Å². The summed E-state index contributed by atoms with van der Waals surface area (Å²) in [5, 5.41) is 0.544. The fourth-order valence-corrected chi connectivity index (χ4v) is 2.71. The largest absolute Gasteiger partial charge is 0.493 e. The lowest BCUT2D eigenvalue weighted by atomic mass is 10.2. The highest BCUT2D eigenvalue weighted by atomic mass is 79.9. The van der Waals surface area contributed by atoms with Crippen molar-refractivity contribution in [3.05, 3.63) is 48.0 Å². The number of halogens is 1. The van der Waals surface area contributed by atoms with Crippen molar-refractivity contribution in [2.24, 2.45) is 0 Å². The Morgan fingerprint density at radius 3 is 2.62 bits per heavy atom. The SMILES string of the molecule is Br.COc1cc2sc(N)nc2cc1OCc1ccccc1. The average molecular weight is 367 g/mol. The van der Waals surface area contributed by atoms with E-state index >= 15 is 0 Å². The molecule has 4 nitrogen and oxygen atoms in total. The first-order valence-electron chi connectivity index (χ1n) is 6.17. The average Bonchev–Trinajstić information content (AvgIpc) is 2.84. The number of fused-ring (bicyclic) bond motifs is 1. The van der Waals surface area contributed by atoms with Gasteiger partial charge in [-0.15, -0.1) is 17.0 Å². The lowest BCUT2D eigenvalue weighted by molar-refractivity contribution is 0.285. The predicted molar refractivity (Wildman–Crippen MR) is 91.7 cm³/mol. The number of anilines is 1. The number of nitrogen functional groups attached to an aromatic ring is 1. The molecule has 21 heavy (non-hydrogen) atoms. The van der Waals surface area contributed by atoms with Crippen molar-refractivity contribution in [3.8, 4) is 11.5 Å². The smallest absolute Gasteiger partial charge is 0.181 e. The number of thiazole rings is 1. The molecule has 1 aromatic heterocycles. The van der Waals surface area contributed by atoms with Crippen LogP contribution in [0.15, 0.2) is 42.5 Å². The maximum atomic E-state index is 5.83. The number of hydrogen-bond donors (Lipinski definition) is 1. The third-order valence-corrected chi connectivity index (χ3v) is 3.77. The summed E-state index contributed by atoms with van der Waals surface area (Å²) in [5.41, 5.74) is 7.66. The molecular weight excluding hydrogens is 352 g/mol. The van der Waals surface area contributed by atoms with Gasteiger partial charge in [0.25, 0.3) is 0 Å². The number of aromatic nitrogens is 1. The Balaban J connectivity index is 0.00000161. The van der Waals surface area contributed by atoms with Crippen LogP contribution < -0.4 is 15.2 Å². The minimum Gasteiger partial charge on any atom is -0.493 e. The second kappa shape index (κ2) is 6.78. The van der Waals surface area contributed by atoms with Gasteiger partial charge in [0.05, 0.1) is 17.3 Å². The van der Waals surface area contributed by atoms with E-state index in [1.807, 2.05) is 42.5 Å². The van der Waals surface area contributed by atoms with Gasteiger partial charge in [0.2, 0.25) is 0 Å². The zero-order chi connectivity index (χ0) is 13.9. The molecule has 110 valence electrons. The van der Waals surface area contributed by atoms with Gasteiger partial charge in [-0.05, 0) is 5.56 Å². The van der Waals surface area contributed by atoms with E-state index in [1.165, 1.54) is 11.3 Å². The third kappa shape index (κ3) is 3.46. The molecule has 2 N–H and O–H groups in total. The Hall–Kier alpha value is -1.79. The summed E-state index contributed by atoms with van der Waals surface area (Å²) in [6.45, 7) is 0.488. The molecule has 0 spiro atoms. The van der Waals surface area contributed by atoms with Gasteiger partial charge in [-0.2, -0.15) is 0 Å². The number of methoxy groups -OCH3 is 1. The zero-order valence-electron chi connectivity index (χ0n) is 11.4. The molecule has 0 fully saturated rings. The van der Waals surface area contributed by atoms with Gasteiger partial charge in [-0.1, -0.05) is 41.7 Å².